The van der Waals surface area contributed by atoms with Gasteiger partial charge in [0.05, 0.1) is 0 Å². The third kappa shape index (κ3) is 6.88. The normalized spacial score (nSPS) is 13.7. The van der Waals surface area contributed by atoms with E-state index in [0.717, 1.165) is 19.3 Å². The second-order valence-corrected chi connectivity index (χ2v) is 4.45. The Balaban J connectivity index is 4.26. The van der Waals surface area contributed by atoms with Gasteiger partial charge >= 0.3 is 5.97 Å². The second-order valence-electron chi connectivity index (χ2n) is 4.45. The predicted octanol–water partition coefficient (Wildman–Crippen LogP) is 0.648. The molecule has 0 aliphatic rings. The van der Waals surface area contributed by atoms with Gasteiger partial charge in [-0.05, 0) is 12.8 Å². The summed E-state index contributed by atoms with van der Waals surface area (Å²) in [6.45, 7) is 3.79. The van der Waals surface area contributed by atoms with Crippen molar-refractivity contribution >= 4 is 17.8 Å². The fraction of sp³-hybridized carbons (Fsp3) is 0.750. The Morgan fingerprint density at radius 2 is 1.89 bits per heavy atom. The standard InChI is InChI=1S/C12H22N2O4/c1-3-4-5-8(2)11(16)14-9(12(17)18)6-7-10(13)15/h8-9H,3-7H2,1-2H3,(H2,13,15)(H,14,16)(H,17,18)/t8?,9-/m0/s1. The summed E-state index contributed by atoms with van der Waals surface area (Å²) in [5.74, 6) is -2.23. The molecule has 0 spiro atoms. The molecule has 0 saturated carbocycles. The summed E-state index contributed by atoms with van der Waals surface area (Å²) in [7, 11) is 0. The Kier molecular flexibility index (Phi) is 7.74. The van der Waals surface area contributed by atoms with Crippen LogP contribution in [-0.4, -0.2) is 28.9 Å². The zero-order valence-corrected chi connectivity index (χ0v) is 10.9. The van der Waals surface area contributed by atoms with Crippen molar-refractivity contribution in [3.05, 3.63) is 0 Å². The molecule has 0 aromatic heterocycles. The van der Waals surface area contributed by atoms with E-state index in [0.29, 0.717) is 0 Å². The minimum Gasteiger partial charge on any atom is -0.480 e. The van der Waals surface area contributed by atoms with Gasteiger partial charge < -0.3 is 16.2 Å². The molecule has 4 N–H and O–H groups in total. The van der Waals surface area contributed by atoms with Crippen LogP contribution in [0.1, 0.15) is 46.0 Å². The first-order valence-electron chi connectivity index (χ1n) is 6.20. The molecule has 0 fully saturated rings. The van der Waals surface area contributed by atoms with Gasteiger partial charge in [-0.15, -0.1) is 0 Å². The minimum absolute atomic E-state index is 0.0247. The first-order chi connectivity index (χ1) is 8.38. The van der Waals surface area contributed by atoms with E-state index in [-0.39, 0.29) is 24.7 Å². The highest BCUT2D eigenvalue weighted by Gasteiger charge is 2.22. The van der Waals surface area contributed by atoms with Crippen LogP contribution < -0.4 is 11.1 Å². The number of hydrogen-bond donors (Lipinski definition) is 3. The Labute approximate surface area is 107 Å². The first kappa shape index (κ1) is 16.4. The number of hydrogen-bond acceptors (Lipinski definition) is 3. The van der Waals surface area contributed by atoms with E-state index >= 15 is 0 Å². The average molecular weight is 258 g/mol. The highest BCUT2D eigenvalue weighted by atomic mass is 16.4. The molecular formula is C12H22N2O4. The van der Waals surface area contributed by atoms with E-state index < -0.39 is 17.9 Å². The van der Waals surface area contributed by atoms with Crippen molar-refractivity contribution in [1.29, 1.82) is 0 Å². The quantitative estimate of drug-likeness (QED) is 0.564. The molecular weight excluding hydrogens is 236 g/mol. The molecule has 0 rings (SSSR count). The van der Waals surface area contributed by atoms with E-state index in [9.17, 15) is 14.4 Å². The van der Waals surface area contributed by atoms with Gasteiger partial charge in [-0.2, -0.15) is 0 Å². The van der Waals surface area contributed by atoms with Gasteiger partial charge in [0.1, 0.15) is 6.04 Å². The van der Waals surface area contributed by atoms with Gasteiger partial charge in [-0.1, -0.05) is 26.7 Å². The fourth-order valence-electron chi connectivity index (χ4n) is 1.50. The SMILES string of the molecule is CCCCC(C)C(=O)N[C@@H](CCC(N)=O)C(=O)O. The molecule has 1 unspecified atom stereocenters. The van der Waals surface area contributed by atoms with Crippen molar-refractivity contribution in [2.24, 2.45) is 11.7 Å². The number of carbonyl (C=O) groups excluding carboxylic acids is 2. The van der Waals surface area contributed by atoms with Crippen LogP contribution in [0.25, 0.3) is 0 Å². The minimum atomic E-state index is -1.15. The van der Waals surface area contributed by atoms with Crippen molar-refractivity contribution < 1.29 is 19.5 Å². The summed E-state index contributed by atoms with van der Waals surface area (Å²) < 4.78 is 0. The molecule has 0 aliphatic heterocycles. The molecule has 0 saturated heterocycles. The van der Waals surface area contributed by atoms with Crippen molar-refractivity contribution in [3.8, 4) is 0 Å². The van der Waals surface area contributed by atoms with Crippen LogP contribution >= 0.6 is 0 Å². The smallest absolute Gasteiger partial charge is 0.326 e. The van der Waals surface area contributed by atoms with Crippen molar-refractivity contribution in [1.82, 2.24) is 5.32 Å². The van der Waals surface area contributed by atoms with Gasteiger partial charge in [0.25, 0.3) is 0 Å². The zero-order chi connectivity index (χ0) is 14.1. The van der Waals surface area contributed by atoms with Gasteiger partial charge in [-0.3, -0.25) is 9.59 Å². The third-order valence-corrected chi connectivity index (χ3v) is 2.73. The van der Waals surface area contributed by atoms with E-state index in [1.54, 1.807) is 6.92 Å². The van der Waals surface area contributed by atoms with Gasteiger partial charge in [-0.25, -0.2) is 4.79 Å². The number of carboxylic acids is 1. The number of carboxylic acid groups (broad SMARTS) is 1. The third-order valence-electron chi connectivity index (χ3n) is 2.73. The number of aliphatic carboxylic acids is 1. The van der Waals surface area contributed by atoms with Crippen LogP contribution in [0, 0.1) is 5.92 Å². The highest BCUT2D eigenvalue weighted by Crippen LogP contribution is 2.08. The largest absolute Gasteiger partial charge is 0.480 e. The molecule has 0 aromatic carbocycles. The van der Waals surface area contributed by atoms with Crippen molar-refractivity contribution in [2.45, 2.75) is 52.0 Å². The number of unbranched alkanes of at least 4 members (excludes halogenated alkanes) is 1. The summed E-state index contributed by atoms with van der Waals surface area (Å²) in [5.41, 5.74) is 4.95. The Morgan fingerprint density at radius 3 is 2.33 bits per heavy atom. The molecule has 0 heterocycles. The molecule has 2 atom stereocenters. The van der Waals surface area contributed by atoms with Gasteiger partial charge in [0.15, 0.2) is 0 Å². The van der Waals surface area contributed by atoms with Gasteiger partial charge in [0, 0.05) is 12.3 Å². The lowest BCUT2D eigenvalue weighted by Crippen LogP contribution is -2.43. The molecule has 0 bridgehead atoms. The Morgan fingerprint density at radius 1 is 1.28 bits per heavy atom. The maximum absolute atomic E-state index is 11.7. The number of carbonyl (C=O) groups is 3. The number of rotatable bonds is 9. The molecule has 104 valence electrons. The highest BCUT2D eigenvalue weighted by molar-refractivity contribution is 5.85. The van der Waals surface area contributed by atoms with Crippen molar-refractivity contribution in [2.75, 3.05) is 0 Å². The lowest BCUT2D eigenvalue weighted by atomic mass is 10.0. The van der Waals surface area contributed by atoms with Crippen LogP contribution in [0.5, 0.6) is 0 Å². The average Bonchev–Trinajstić information content (AvgIpc) is 2.30. The first-order valence-corrected chi connectivity index (χ1v) is 6.20. The molecule has 0 aliphatic carbocycles. The topological polar surface area (TPSA) is 109 Å². The van der Waals surface area contributed by atoms with Crippen LogP contribution in [0.3, 0.4) is 0 Å². The summed E-state index contributed by atoms with van der Waals surface area (Å²) in [5, 5.41) is 11.4. The summed E-state index contributed by atoms with van der Waals surface area (Å²) in [6, 6.07) is -1.05. The molecule has 6 nitrogen and oxygen atoms in total. The molecule has 18 heavy (non-hydrogen) atoms. The lowest BCUT2D eigenvalue weighted by Gasteiger charge is -2.17. The van der Waals surface area contributed by atoms with E-state index in [1.165, 1.54) is 0 Å². The molecule has 0 radical (unpaired) electrons. The predicted molar refractivity (Wildman–Crippen MR) is 66.7 cm³/mol. The maximum atomic E-state index is 11.7. The van der Waals surface area contributed by atoms with E-state index in [4.69, 9.17) is 10.8 Å². The monoisotopic (exact) mass is 258 g/mol. The second kappa shape index (κ2) is 8.49. The number of nitrogens with one attached hydrogen (secondary N) is 1. The van der Waals surface area contributed by atoms with Crippen molar-refractivity contribution in [3.63, 3.8) is 0 Å². The zero-order valence-electron chi connectivity index (χ0n) is 10.9. The van der Waals surface area contributed by atoms with Crippen LogP contribution in [0.15, 0.2) is 0 Å². The number of primary amides is 1. The van der Waals surface area contributed by atoms with E-state index in [2.05, 4.69) is 5.32 Å². The molecule has 2 amide bonds. The fourth-order valence-corrected chi connectivity index (χ4v) is 1.50. The number of nitrogens with two attached hydrogens (primary N) is 1. The Hall–Kier alpha value is -1.59. The van der Waals surface area contributed by atoms with Gasteiger partial charge in [0.2, 0.25) is 11.8 Å². The van der Waals surface area contributed by atoms with Crippen LogP contribution in [0.2, 0.25) is 0 Å². The maximum Gasteiger partial charge on any atom is 0.326 e. The lowest BCUT2D eigenvalue weighted by molar-refractivity contribution is -0.142. The summed E-state index contributed by atoms with van der Waals surface area (Å²) in [4.78, 5) is 33.2. The van der Waals surface area contributed by atoms with E-state index in [1.807, 2.05) is 6.92 Å². The van der Waals surface area contributed by atoms with Crippen LogP contribution in [0.4, 0.5) is 0 Å². The number of amides is 2. The van der Waals surface area contributed by atoms with Crippen LogP contribution in [-0.2, 0) is 14.4 Å². The Bertz CT molecular complexity index is 304. The molecule has 6 heteroatoms. The molecule has 0 aromatic rings. The summed E-state index contributed by atoms with van der Waals surface area (Å²) >= 11 is 0. The summed E-state index contributed by atoms with van der Waals surface area (Å²) in [6.07, 6.45) is 2.61.